The Bertz CT molecular complexity index is 1090. The largest absolute Gasteiger partial charge is 0.457 e. The Morgan fingerprint density at radius 1 is 1.06 bits per heavy atom. The first kappa shape index (κ1) is 29.1. The third kappa shape index (κ3) is 7.03. The molecule has 2 N–H and O–H groups in total. The average molecular weight is 554 g/mol. The van der Waals surface area contributed by atoms with Gasteiger partial charge in [-0.3, -0.25) is 4.98 Å². The highest BCUT2D eigenvalue weighted by molar-refractivity contribution is 9.10. The van der Waals surface area contributed by atoms with Crippen LogP contribution in [-0.4, -0.2) is 11.0 Å². The second-order valence-electron chi connectivity index (χ2n) is 8.27. The molecular formula is C26H31BrCl2N2O2. The van der Waals surface area contributed by atoms with Crippen LogP contribution in [-0.2, 0) is 24.3 Å². The number of aromatic nitrogens is 1. The summed E-state index contributed by atoms with van der Waals surface area (Å²) in [7, 11) is 0. The van der Waals surface area contributed by atoms with E-state index in [1.165, 1.54) is 11.1 Å². The van der Waals surface area contributed by atoms with E-state index in [9.17, 15) is 4.79 Å². The molecule has 1 heterocycles. The minimum Gasteiger partial charge on any atom is -0.457 e. The number of hydrogen-bond donors (Lipinski definition) is 1. The second kappa shape index (κ2) is 13.1. The third-order valence-corrected chi connectivity index (χ3v) is 5.91. The topological polar surface area (TPSA) is 65.2 Å². The zero-order valence-electron chi connectivity index (χ0n) is 19.4. The van der Waals surface area contributed by atoms with Crippen LogP contribution < -0.4 is 5.73 Å². The molecule has 33 heavy (non-hydrogen) atoms. The highest BCUT2D eigenvalue weighted by Gasteiger charge is 2.21. The molecule has 0 aliphatic carbocycles. The molecule has 0 aliphatic rings. The van der Waals surface area contributed by atoms with Crippen molar-refractivity contribution < 1.29 is 9.53 Å². The minimum absolute atomic E-state index is 0. The van der Waals surface area contributed by atoms with Crippen molar-refractivity contribution in [3.8, 4) is 11.1 Å². The molecule has 0 bridgehead atoms. The number of carbonyl (C=O) groups excluding carboxylic acids is 1. The highest BCUT2D eigenvalue weighted by atomic mass is 79.9. The number of benzene rings is 2. The molecule has 3 aromatic rings. The molecule has 0 fully saturated rings. The number of halogens is 3. The third-order valence-electron chi connectivity index (χ3n) is 5.38. The Morgan fingerprint density at radius 2 is 1.73 bits per heavy atom. The Hall–Kier alpha value is -1.92. The Labute approximate surface area is 217 Å². The quantitative estimate of drug-likeness (QED) is 0.320. The molecule has 0 atom stereocenters. The van der Waals surface area contributed by atoms with E-state index in [0.29, 0.717) is 18.0 Å². The first-order valence-electron chi connectivity index (χ1n) is 10.5. The van der Waals surface area contributed by atoms with Gasteiger partial charge in [-0.25, -0.2) is 4.79 Å². The Morgan fingerprint density at radius 3 is 2.33 bits per heavy atom. The van der Waals surface area contributed by atoms with Gasteiger partial charge in [0.1, 0.15) is 6.61 Å². The summed E-state index contributed by atoms with van der Waals surface area (Å²) in [6.45, 7) is 9.26. The van der Waals surface area contributed by atoms with Crippen LogP contribution in [0.4, 0.5) is 0 Å². The van der Waals surface area contributed by atoms with E-state index < -0.39 is 0 Å². The van der Waals surface area contributed by atoms with Gasteiger partial charge in [-0.2, -0.15) is 0 Å². The monoisotopic (exact) mass is 552 g/mol. The number of pyridine rings is 1. The van der Waals surface area contributed by atoms with Gasteiger partial charge in [-0.15, -0.1) is 24.8 Å². The van der Waals surface area contributed by atoms with Gasteiger partial charge < -0.3 is 10.5 Å². The first-order valence-corrected chi connectivity index (χ1v) is 11.3. The van der Waals surface area contributed by atoms with Gasteiger partial charge in [0.25, 0.3) is 0 Å². The number of hydrogen-bond acceptors (Lipinski definition) is 4. The molecule has 2 aromatic carbocycles. The fourth-order valence-corrected chi connectivity index (χ4v) is 4.25. The summed E-state index contributed by atoms with van der Waals surface area (Å²) in [5.41, 5.74) is 14.1. The molecule has 4 nitrogen and oxygen atoms in total. The van der Waals surface area contributed by atoms with Crippen molar-refractivity contribution in [2.45, 2.75) is 47.3 Å². The van der Waals surface area contributed by atoms with Gasteiger partial charge in [-0.1, -0.05) is 48.0 Å². The van der Waals surface area contributed by atoms with Crippen molar-refractivity contribution in [1.82, 2.24) is 4.98 Å². The van der Waals surface area contributed by atoms with E-state index in [-0.39, 0.29) is 37.4 Å². The molecule has 178 valence electrons. The number of esters is 1. The van der Waals surface area contributed by atoms with E-state index in [1.807, 2.05) is 30.3 Å². The lowest BCUT2D eigenvalue weighted by atomic mass is 9.84. The highest BCUT2D eigenvalue weighted by Crippen LogP contribution is 2.35. The van der Waals surface area contributed by atoms with Crippen molar-refractivity contribution in [1.29, 1.82) is 0 Å². The lowest BCUT2D eigenvalue weighted by Gasteiger charge is -2.22. The van der Waals surface area contributed by atoms with Crippen LogP contribution in [0.1, 0.15) is 52.0 Å². The minimum atomic E-state index is -0.379. The molecule has 0 radical (unpaired) electrons. The van der Waals surface area contributed by atoms with Crippen molar-refractivity contribution in [3.05, 3.63) is 86.6 Å². The maximum absolute atomic E-state index is 13.0. The van der Waals surface area contributed by atoms with Crippen LogP contribution in [0.5, 0.6) is 0 Å². The van der Waals surface area contributed by atoms with Gasteiger partial charge in [0.2, 0.25) is 0 Å². The molecule has 0 aliphatic heterocycles. The lowest BCUT2D eigenvalue weighted by molar-refractivity contribution is 0.0473. The normalized spacial score (nSPS) is 10.4. The van der Waals surface area contributed by atoms with Crippen molar-refractivity contribution in [3.63, 3.8) is 0 Å². The van der Waals surface area contributed by atoms with Crippen LogP contribution in [0.2, 0.25) is 0 Å². The number of carbonyl (C=O) groups is 1. The maximum atomic E-state index is 13.0. The molecule has 3 rings (SSSR count). The summed E-state index contributed by atoms with van der Waals surface area (Å²) in [5.74, 6) is 0.0793. The summed E-state index contributed by atoms with van der Waals surface area (Å²) in [6.07, 6.45) is 4.21. The number of ether oxygens (including phenoxy) is 1. The number of aryl methyl sites for hydroxylation is 2. The van der Waals surface area contributed by atoms with Gasteiger partial charge in [0.15, 0.2) is 0 Å². The predicted molar refractivity (Wildman–Crippen MR) is 143 cm³/mol. The van der Waals surface area contributed by atoms with Crippen molar-refractivity contribution >= 4 is 46.7 Å². The summed E-state index contributed by atoms with van der Waals surface area (Å²) >= 11 is 3.42. The molecular weight excluding hydrogens is 523 g/mol. The van der Waals surface area contributed by atoms with Gasteiger partial charge >= 0.3 is 5.97 Å². The maximum Gasteiger partial charge on any atom is 0.340 e. The Kier molecular flexibility index (Phi) is 11.5. The number of nitrogens with zero attached hydrogens (tertiary/aromatic N) is 1. The SMILES string of the molecule is Cc1cc(C)c(-c2ccncc2C(=O)OCc2ccc(Br)cc2)c(CC(C)C)c1CN.Cl.Cl. The molecule has 1 aromatic heterocycles. The lowest BCUT2D eigenvalue weighted by Crippen LogP contribution is -2.12. The smallest absolute Gasteiger partial charge is 0.340 e. The van der Waals surface area contributed by atoms with Crippen LogP contribution in [0.15, 0.2) is 53.3 Å². The standard InChI is InChI=1S/C26H29BrN2O2.2ClH/c1-16(2)11-22-23(13-28)17(3)12-18(4)25(22)21-9-10-29-14-24(21)26(30)31-15-19-5-7-20(27)8-6-19;;/h5-10,12,14,16H,11,13,15,28H2,1-4H3;2*1H. The van der Waals surface area contributed by atoms with Crippen molar-refractivity contribution in [2.24, 2.45) is 11.7 Å². The van der Waals surface area contributed by atoms with Crippen LogP contribution >= 0.6 is 40.7 Å². The predicted octanol–water partition coefficient (Wildman–Crippen LogP) is 6.99. The summed E-state index contributed by atoms with van der Waals surface area (Å²) < 4.78 is 6.62. The molecule has 7 heteroatoms. The van der Waals surface area contributed by atoms with Crippen LogP contribution in [0.3, 0.4) is 0 Å². The zero-order chi connectivity index (χ0) is 22.5. The second-order valence-corrected chi connectivity index (χ2v) is 9.18. The summed E-state index contributed by atoms with van der Waals surface area (Å²) in [4.78, 5) is 17.3. The molecule has 0 unspecified atom stereocenters. The van der Waals surface area contributed by atoms with E-state index in [4.69, 9.17) is 10.5 Å². The average Bonchev–Trinajstić information content (AvgIpc) is 2.73. The van der Waals surface area contributed by atoms with Crippen LogP contribution in [0.25, 0.3) is 11.1 Å². The van der Waals surface area contributed by atoms with Crippen molar-refractivity contribution in [2.75, 3.05) is 0 Å². The van der Waals surface area contributed by atoms with E-state index in [0.717, 1.165) is 38.7 Å². The summed E-state index contributed by atoms with van der Waals surface area (Å²) in [5, 5.41) is 0. The molecule has 0 saturated heterocycles. The van der Waals surface area contributed by atoms with E-state index in [2.05, 4.69) is 54.7 Å². The Balaban J connectivity index is 0.00000272. The van der Waals surface area contributed by atoms with Gasteiger partial charge in [0, 0.05) is 23.4 Å². The first-order chi connectivity index (χ1) is 14.8. The zero-order valence-corrected chi connectivity index (χ0v) is 22.6. The number of rotatable bonds is 7. The molecule has 0 amide bonds. The molecule has 0 spiro atoms. The van der Waals surface area contributed by atoms with E-state index >= 15 is 0 Å². The van der Waals surface area contributed by atoms with Gasteiger partial charge in [-0.05, 0) is 83.3 Å². The fourth-order valence-electron chi connectivity index (χ4n) is 3.99. The van der Waals surface area contributed by atoms with E-state index in [1.54, 1.807) is 12.4 Å². The molecule has 0 saturated carbocycles. The summed E-state index contributed by atoms with van der Waals surface area (Å²) in [6, 6.07) is 11.8. The fraction of sp³-hybridized carbons (Fsp3) is 0.308. The van der Waals surface area contributed by atoms with Gasteiger partial charge in [0.05, 0.1) is 5.56 Å². The van der Waals surface area contributed by atoms with Crippen LogP contribution in [0, 0.1) is 19.8 Å². The number of nitrogens with two attached hydrogens (primary N) is 1.